The van der Waals surface area contributed by atoms with Crippen molar-refractivity contribution in [1.82, 2.24) is 0 Å². The topological polar surface area (TPSA) is 26.3 Å². The zero-order valence-electron chi connectivity index (χ0n) is 10.9. The van der Waals surface area contributed by atoms with Gasteiger partial charge in [0.05, 0.1) is 7.11 Å². The molecular weight excluding hydrogens is 224 g/mol. The fourth-order valence-corrected chi connectivity index (χ4v) is 2.38. The van der Waals surface area contributed by atoms with Gasteiger partial charge in [-0.1, -0.05) is 31.0 Å². The molecule has 0 aliphatic heterocycles. The molecule has 0 aromatic heterocycles. The lowest BCUT2D eigenvalue weighted by atomic mass is 9.93. The number of hydrogen-bond donors (Lipinski definition) is 0. The van der Waals surface area contributed by atoms with Crippen LogP contribution in [0, 0.1) is 0 Å². The number of Topliss-reactive ketones (excluding diaryl/α,β-unsaturated/α-hetero) is 1. The van der Waals surface area contributed by atoms with Crippen molar-refractivity contribution in [3.63, 3.8) is 0 Å². The summed E-state index contributed by atoms with van der Waals surface area (Å²) in [6.07, 6.45) is 8.17. The fourth-order valence-electron chi connectivity index (χ4n) is 2.38. The van der Waals surface area contributed by atoms with Gasteiger partial charge in [-0.05, 0) is 37.0 Å². The minimum absolute atomic E-state index is 0.306. The number of allylic oxidation sites excluding steroid dienone is 1. The second-order valence-corrected chi connectivity index (χ2v) is 4.75. The molecule has 1 aliphatic rings. The molecule has 18 heavy (non-hydrogen) atoms. The Hall–Kier alpha value is -1.57. The molecule has 2 heteroatoms. The first kappa shape index (κ1) is 12.9. The number of ketones is 1. The zero-order chi connectivity index (χ0) is 12.8. The van der Waals surface area contributed by atoms with Crippen LogP contribution in [0.5, 0.6) is 5.75 Å². The van der Waals surface area contributed by atoms with E-state index in [1.807, 2.05) is 30.3 Å². The molecule has 1 aromatic rings. The van der Waals surface area contributed by atoms with Crippen molar-refractivity contribution in [3.05, 3.63) is 35.4 Å². The number of carbonyl (C=O) groups is 1. The van der Waals surface area contributed by atoms with E-state index in [4.69, 9.17) is 4.74 Å². The van der Waals surface area contributed by atoms with Crippen molar-refractivity contribution < 1.29 is 9.53 Å². The van der Waals surface area contributed by atoms with E-state index >= 15 is 0 Å². The van der Waals surface area contributed by atoms with Crippen LogP contribution in [0.4, 0.5) is 0 Å². The van der Waals surface area contributed by atoms with Gasteiger partial charge in [0.2, 0.25) is 0 Å². The molecular formula is C16H20O2. The second kappa shape index (κ2) is 6.39. The maximum Gasteiger partial charge on any atom is 0.158 e. The molecule has 0 bridgehead atoms. The largest absolute Gasteiger partial charge is 0.496 e. The monoisotopic (exact) mass is 244 g/mol. The molecule has 0 atom stereocenters. The van der Waals surface area contributed by atoms with E-state index in [9.17, 15) is 4.79 Å². The highest BCUT2D eigenvalue weighted by Crippen LogP contribution is 2.25. The highest BCUT2D eigenvalue weighted by atomic mass is 16.5. The standard InChI is InChI=1S/C16H20O2/c1-18-16-11-7-6-9-14(16)12-13-8-4-2-3-5-10-15(13)17/h6-7,9,11-12H,2-5,8,10H2,1H3. The Kier molecular flexibility index (Phi) is 4.57. The summed E-state index contributed by atoms with van der Waals surface area (Å²) < 4.78 is 5.32. The van der Waals surface area contributed by atoms with Gasteiger partial charge in [0.1, 0.15) is 5.75 Å². The van der Waals surface area contributed by atoms with Gasteiger partial charge in [-0.2, -0.15) is 0 Å². The first-order valence-electron chi connectivity index (χ1n) is 6.68. The molecule has 0 amide bonds. The van der Waals surface area contributed by atoms with E-state index in [2.05, 4.69) is 0 Å². The third kappa shape index (κ3) is 3.22. The molecule has 0 unspecified atom stereocenters. The first-order chi connectivity index (χ1) is 8.81. The van der Waals surface area contributed by atoms with E-state index < -0.39 is 0 Å². The van der Waals surface area contributed by atoms with Crippen LogP contribution in [-0.2, 0) is 4.79 Å². The predicted octanol–water partition coefficient (Wildman–Crippen LogP) is 4.00. The number of carbonyl (C=O) groups excluding carboxylic acids is 1. The molecule has 0 N–H and O–H groups in total. The van der Waals surface area contributed by atoms with E-state index in [1.54, 1.807) is 7.11 Å². The number of ether oxygens (including phenoxy) is 1. The molecule has 1 aliphatic carbocycles. The van der Waals surface area contributed by atoms with Gasteiger partial charge in [0.25, 0.3) is 0 Å². The van der Waals surface area contributed by atoms with Gasteiger partial charge in [-0.25, -0.2) is 0 Å². The average Bonchev–Trinajstić information content (AvgIpc) is 2.39. The summed E-state index contributed by atoms with van der Waals surface area (Å²) in [5.74, 6) is 1.14. The van der Waals surface area contributed by atoms with Crippen molar-refractivity contribution in [2.24, 2.45) is 0 Å². The van der Waals surface area contributed by atoms with Crippen LogP contribution in [0.25, 0.3) is 6.08 Å². The number of benzene rings is 1. The van der Waals surface area contributed by atoms with Gasteiger partial charge < -0.3 is 4.74 Å². The maximum atomic E-state index is 12.1. The molecule has 0 heterocycles. The van der Waals surface area contributed by atoms with Gasteiger partial charge in [0, 0.05) is 12.0 Å². The predicted molar refractivity (Wildman–Crippen MR) is 73.7 cm³/mol. The zero-order valence-corrected chi connectivity index (χ0v) is 10.9. The van der Waals surface area contributed by atoms with Crippen LogP contribution in [-0.4, -0.2) is 12.9 Å². The number of hydrogen-bond acceptors (Lipinski definition) is 2. The van der Waals surface area contributed by atoms with Gasteiger partial charge >= 0.3 is 0 Å². The minimum Gasteiger partial charge on any atom is -0.496 e. The summed E-state index contributed by atoms with van der Waals surface area (Å²) in [6, 6.07) is 7.85. The molecule has 0 spiro atoms. The molecule has 2 nitrogen and oxygen atoms in total. The third-order valence-electron chi connectivity index (χ3n) is 3.43. The lowest BCUT2D eigenvalue weighted by Gasteiger charge is -2.12. The minimum atomic E-state index is 0.306. The molecule has 1 saturated carbocycles. The van der Waals surface area contributed by atoms with Crippen molar-refractivity contribution in [3.8, 4) is 5.75 Å². The molecule has 2 rings (SSSR count). The molecule has 1 fully saturated rings. The first-order valence-corrected chi connectivity index (χ1v) is 6.68. The SMILES string of the molecule is COc1ccccc1C=C1CCCCCCC1=O. The van der Waals surface area contributed by atoms with Crippen LogP contribution >= 0.6 is 0 Å². The molecule has 96 valence electrons. The van der Waals surface area contributed by atoms with E-state index in [0.29, 0.717) is 12.2 Å². The van der Waals surface area contributed by atoms with E-state index in [-0.39, 0.29) is 0 Å². The summed E-state index contributed by atoms with van der Waals surface area (Å²) in [4.78, 5) is 12.1. The Labute approximate surface area is 109 Å². The van der Waals surface area contributed by atoms with Crippen LogP contribution in [0.2, 0.25) is 0 Å². The lowest BCUT2D eigenvalue weighted by molar-refractivity contribution is -0.115. The molecule has 1 aromatic carbocycles. The summed E-state index contributed by atoms with van der Waals surface area (Å²) in [7, 11) is 1.66. The normalized spacial score (nSPS) is 19.4. The Morgan fingerprint density at radius 2 is 1.78 bits per heavy atom. The number of para-hydroxylation sites is 1. The Morgan fingerprint density at radius 3 is 2.56 bits per heavy atom. The Balaban J connectivity index is 2.26. The Bertz CT molecular complexity index is 446. The number of rotatable bonds is 2. The van der Waals surface area contributed by atoms with Crippen LogP contribution < -0.4 is 4.74 Å². The van der Waals surface area contributed by atoms with Crippen molar-refractivity contribution in [2.75, 3.05) is 7.11 Å². The summed E-state index contributed by atoms with van der Waals surface area (Å²) in [5.41, 5.74) is 1.96. The Morgan fingerprint density at radius 1 is 1.06 bits per heavy atom. The second-order valence-electron chi connectivity index (χ2n) is 4.75. The molecule has 0 saturated heterocycles. The highest BCUT2D eigenvalue weighted by molar-refractivity contribution is 5.99. The smallest absolute Gasteiger partial charge is 0.158 e. The van der Waals surface area contributed by atoms with Crippen molar-refractivity contribution in [2.45, 2.75) is 38.5 Å². The summed E-state index contributed by atoms with van der Waals surface area (Å²) in [5, 5.41) is 0. The van der Waals surface area contributed by atoms with Gasteiger partial charge in [0.15, 0.2) is 5.78 Å². The maximum absolute atomic E-state index is 12.1. The fraction of sp³-hybridized carbons (Fsp3) is 0.438. The summed E-state index contributed by atoms with van der Waals surface area (Å²) in [6.45, 7) is 0. The van der Waals surface area contributed by atoms with Crippen molar-refractivity contribution in [1.29, 1.82) is 0 Å². The van der Waals surface area contributed by atoms with Gasteiger partial charge in [-0.3, -0.25) is 4.79 Å². The quantitative estimate of drug-likeness (QED) is 0.735. The summed E-state index contributed by atoms with van der Waals surface area (Å²) >= 11 is 0. The van der Waals surface area contributed by atoms with Crippen LogP contribution in [0.15, 0.2) is 29.8 Å². The van der Waals surface area contributed by atoms with Crippen molar-refractivity contribution >= 4 is 11.9 Å². The highest BCUT2D eigenvalue weighted by Gasteiger charge is 2.13. The average molecular weight is 244 g/mol. The van der Waals surface area contributed by atoms with Crippen LogP contribution in [0.1, 0.15) is 44.1 Å². The van der Waals surface area contributed by atoms with Gasteiger partial charge in [-0.15, -0.1) is 0 Å². The van der Waals surface area contributed by atoms with Crippen LogP contribution in [0.3, 0.4) is 0 Å². The van der Waals surface area contributed by atoms with E-state index in [1.165, 1.54) is 12.8 Å². The lowest BCUT2D eigenvalue weighted by Crippen LogP contribution is -2.05. The number of methoxy groups -OCH3 is 1. The third-order valence-corrected chi connectivity index (χ3v) is 3.43. The molecule has 0 radical (unpaired) electrons. The van der Waals surface area contributed by atoms with E-state index in [0.717, 1.165) is 36.1 Å².